The summed E-state index contributed by atoms with van der Waals surface area (Å²) in [5.74, 6) is 0.130. The van der Waals surface area contributed by atoms with E-state index in [-0.39, 0.29) is 11.4 Å². The van der Waals surface area contributed by atoms with E-state index < -0.39 is 15.9 Å². The number of benzene rings is 2. The number of hydrogen-bond acceptors (Lipinski definition) is 5. The molecule has 10 heteroatoms. The maximum Gasteiger partial charge on any atom is 0.264 e. The number of carbonyl (C=O) groups is 1. The van der Waals surface area contributed by atoms with Gasteiger partial charge in [-0.15, -0.1) is 0 Å². The lowest BCUT2D eigenvalue weighted by Gasteiger charge is -2.24. The second kappa shape index (κ2) is 10.3. The number of sulfonamides is 1. The minimum Gasteiger partial charge on any atom is -0.497 e. The summed E-state index contributed by atoms with van der Waals surface area (Å²) in [5, 5.41) is 3.24. The number of nitrogens with zero attached hydrogens (tertiary/aromatic N) is 3. The van der Waals surface area contributed by atoms with E-state index in [0.717, 1.165) is 4.31 Å². The Labute approximate surface area is 186 Å². The van der Waals surface area contributed by atoms with Crippen molar-refractivity contribution in [1.82, 2.24) is 14.9 Å². The third-order valence-electron chi connectivity index (χ3n) is 4.52. The Morgan fingerprint density at radius 1 is 1.16 bits per heavy atom. The van der Waals surface area contributed by atoms with Crippen molar-refractivity contribution in [3.8, 4) is 5.75 Å². The Morgan fingerprint density at radius 2 is 1.87 bits per heavy atom. The van der Waals surface area contributed by atoms with E-state index in [1.165, 1.54) is 19.2 Å². The molecule has 2 aromatic carbocycles. The van der Waals surface area contributed by atoms with Gasteiger partial charge in [0.1, 0.15) is 12.3 Å². The summed E-state index contributed by atoms with van der Waals surface area (Å²) in [6.45, 7) is 0.750. The Bertz CT molecular complexity index is 1090. The maximum atomic E-state index is 13.3. The summed E-state index contributed by atoms with van der Waals surface area (Å²) in [4.78, 5) is 16.6. The molecule has 0 bridgehead atoms. The van der Waals surface area contributed by atoms with Gasteiger partial charge in [-0.05, 0) is 55.0 Å². The molecule has 0 unspecified atom stereocenters. The number of ether oxygens (including phenoxy) is 1. The van der Waals surface area contributed by atoms with Gasteiger partial charge in [-0.25, -0.2) is 13.4 Å². The predicted octanol–water partition coefficient (Wildman–Crippen LogP) is 2.95. The van der Waals surface area contributed by atoms with Crippen molar-refractivity contribution in [2.75, 3.05) is 24.5 Å². The van der Waals surface area contributed by atoms with Crippen LogP contribution >= 0.6 is 11.6 Å². The fourth-order valence-electron chi connectivity index (χ4n) is 2.89. The van der Waals surface area contributed by atoms with E-state index in [9.17, 15) is 13.2 Å². The molecule has 1 amide bonds. The molecule has 164 valence electrons. The fourth-order valence-corrected chi connectivity index (χ4v) is 4.44. The number of aryl methyl sites for hydroxylation is 1. The van der Waals surface area contributed by atoms with Crippen molar-refractivity contribution in [3.05, 3.63) is 72.3 Å². The van der Waals surface area contributed by atoms with Crippen molar-refractivity contribution in [2.24, 2.45) is 0 Å². The van der Waals surface area contributed by atoms with E-state index in [1.807, 2.05) is 10.8 Å². The highest BCUT2D eigenvalue weighted by atomic mass is 35.5. The van der Waals surface area contributed by atoms with Gasteiger partial charge in [0.15, 0.2) is 0 Å². The van der Waals surface area contributed by atoms with Crippen molar-refractivity contribution < 1.29 is 17.9 Å². The summed E-state index contributed by atoms with van der Waals surface area (Å²) in [7, 11) is -2.49. The molecule has 0 aliphatic carbocycles. The first kappa shape index (κ1) is 22.6. The van der Waals surface area contributed by atoms with Crippen LogP contribution in [0, 0.1) is 0 Å². The first-order chi connectivity index (χ1) is 14.9. The molecule has 1 N–H and O–H groups in total. The number of amides is 1. The minimum absolute atomic E-state index is 0.0520. The van der Waals surface area contributed by atoms with Crippen LogP contribution in [0.25, 0.3) is 0 Å². The smallest absolute Gasteiger partial charge is 0.264 e. The number of hydrogen-bond donors (Lipinski definition) is 1. The largest absolute Gasteiger partial charge is 0.497 e. The van der Waals surface area contributed by atoms with Crippen LogP contribution in [0.1, 0.15) is 6.42 Å². The Balaban J connectivity index is 1.74. The molecule has 8 nitrogen and oxygen atoms in total. The van der Waals surface area contributed by atoms with Crippen LogP contribution in [0.5, 0.6) is 5.75 Å². The van der Waals surface area contributed by atoms with E-state index in [2.05, 4.69) is 10.3 Å². The van der Waals surface area contributed by atoms with Gasteiger partial charge in [0.2, 0.25) is 5.91 Å². The summed E-state index contributed by atoms with van der Waals surface area (Å²) in [5.41, 5.74) is 0.341. The average molecular weight is 463 g/mol. The molecule has 0 fully saturated rings. The number of anilines is 1. The summed E-state index contributed by atoms with van der Waals surface area (Å²) in [6.07, 6.45) is 5.91. The molecule has 0 aliphatic heterocycles. The van der Waals surface area contributed by atoms with Gasteiger partial charge in [-0.1, -0.05) is 11.6 Å². The molecule has 31 heavy (non-hydrogen) atoms. The highest BCUT2D eigenvalue weighted by molar-refractivity contribution is 7.92. The standard InChI is InChI=1S/C21H23ClN4O4S/c1-30-19-7-9-20(10-8-19)31(28,29)26(18-5-3-17(22)4-6-18)15-21(27)24-11-2-13-25-14-12-23-16-25/h3-10,12,14,16H,2,11,13,15H2,1H3,(H,24,27). The second-order valence-corrected chi connectivity index (χ2v) is 8.97. The zero-order valence-corrected chi connectivity index (χ0v) is 18.5. The number of methoxy groups -OCH3 is 1. The third-order valence-corrected chi connectivity index (χ3v) is 6.56. The van der Waals surface area contributed by atoms with Crippen molar-refractivity contribution >= 4 is 33.2 Å². The molecule has 0 radical (unpaired) electrons. The fraction of sp³-hybridized carbons (Fsp3) is 0.238. The van der Waals surface area contributed by atoms with Gasteiger partial charge in [0.25, 0.3) is 10.0 Å². The second-order valence-electron chi connectivity index (χ2n) is 6.67. The Morgan fingerprint density at radius 3 is 2.48 bits per heavy atom. The lowest BCUT2D eigenvalue weighted by atomic mass is 10.3. The highest BCUT2D eigenvalue weighted by Gasteiger charge is 2.27. The molecule has 3 aromatic rings. The molecule has 1 aromatic heterocycles. The summed E-state index contributed by atoms with van der Waals surface area (Å²) >= 11 is 5.95. The van der Waals surface area contributed by atoms with Crippen LogP contribution in [-0.2, 0) is 21.4 Å². The van der Waals surface area contributed by atoms with Crippen LogP contribution in [0.4, 0.5) is 5.69 Å². The van der Waals surface area contributed by atoms with E-state index in [4.69, 9.17) is 16.3 Å². The van der Waals surface area contributed by atoms with E-state index in [0.29, 0.717) is 36.0 Å². The molecule has 0 saturated carbocycles. The molecule has 0 atom stereocenters. The third kappa shape index (κ3) is 5.99. The van der Waals surface area contributed by atoms with Gasteiger partial charge in [-0.3, -0.25) is 9.10 Å². The number of imidazole rings is 1. The van der Waals surface area contributed by atoms with Crippen molar-refractivity contribution in [1.29, 1.82) is 0 Å². The maximum absolute atomic E-state index is 13.3. The molecule has 0 aliphatic rings. The van der Waals surface area contributed by atoms with Gasteiger partial charge >= 0.3 is 0 Å². The van der Waals surface area contributed by atoms with Crippen molar-refractivity contribution in [2.45, 2.75) is 17.9 Å². The topological polar surface area (TPSA) is 93.5 Å². The van der Waals surface area contributed by atoms with Crippen LogP contribution in [0.2, 0.25) is 5.02 Å². The molecular formula is C21H23ClN4O4S. The summed E-state index contributed by atoms with van der Waals surface area (Å²) in [6, 6.07) is 12.3. The number of rotatable bonds is 10. The monoisotopic (exact) mass is 462 g/mol. The molecular weight excluding hydrogens is 440 g/mol. The molecule has 0 spiro atoms. The number of aromatic nitrogens is 2. The van der Waals surface area contributed by atoms with E-state index >= 15 is 0 Å². The van der Waals surface area contributed by atoms with Crippen molar-refractivity contribution in [3.63, 3.8) is 0 Å². The molecule has 1 heterocycles. The van der Waals surface area contributed by atoms with Crippen LogP contribution in [0.3, 0.4) is 0 Å². The molecule has 3 rings (SSSR count). The summed E-state index contributed by atoms with van der Waals surface area (Å²) < 4.78 is 34.7. The van der Waals surface area contributed by atoms with Gasteiger partial charge < -0.3 is 14.6 Å². The lowest BCUT2D eigenvalue weighted by Crippen LogP contribution is -2.41. The SMILES string of the molecule is COc1ccc(S(=O)(=O)N(CC(=O)NCCCn2ccnc2)c2ccc(Cl)cc2)cc1. The van der Waals surface area contributed by atoms with Crippen LogP contribution < -0.4 is 14.4 Å². The van der Waals surface area contributed by atoms with Crippen LogP contribution in [-0.4, -0.2) is 44.1 Å². The van der Waals surface area contributed by atoms with Gasteiger partial charge in [-0.2, -0.15) is 0 Å². The lowest BCUT2D eigenvalue weighted by molar-refractivity contribution is -0.119. The normalized spacial score (nSPS) is 11.2. The molecule has 0 saturated heterocycles. The Kier molecular flexibility index (Phi) is 7.54. The highest BCUT2D eigenvalue weighted by Crippen LogP contribution is 2.26. The van der Waals surface area contributed by atoms with Gasteiger partial charge in [0.05, 0.1) is 24.0 Å². The number of carbonyl (C=O) groups excluding carboxylic acids is 1. The first-order valence-electron chi connectivity index (χ1n) is 9.55. The average Bonchev–Trinajstić information content (AvgIpc) is 3.29. The Hall–Kier alpha value is -3.04. The van der Waals surface area contributed by atoms with Gasteiger partial charge in [0, 0.05) is 30.5 Å². The zero-order valence-electron chi connectivity index (χ0n) is 16.9. The van der Waals surface area contributed by atoms with Crippen LogP contribution in [0.15, 0.2) is 72.1 Å². The number of nitrogens with one attached hydrogen (secondary N) is 1. The minimum atomic E-state index is -3.99. The first-order valence-corrected chi connectivity index (χ1v) is 11.4. The zero-order chi connectivity index (χ0) is 22.3. The quantitative estimate of drug-likeness (QED) is 0.467. The predicted molar refractivity (Wildman–Crippen MR) is 119 cm³/mol. The number of halogens is 1. The van der Waals surface area contributed by atoms with E-state index in [1.54, 1.807) is 48.9 Å².